The molecule has 0 saturated heterocycles. The van der Waals surface area contributed by atoms with Gasteiger partial charge in [0.05, 0.1) is 17.9 Å². The van der Waals surface area contributed by atoms with Crippen LogP contribution in [0.15, 0.2) is 46.7 Å². The molecule has 1 rings (SSSR count). The third-order valence-electron chi connectivity index (χ3n) is 2.24. The molecule has 1 aromatic rings. The van der Waals surface area contributed by atoms with Gasteiger partial charge in [-0.3, -0.25) is 4.99 Å². The van der Waals surface area contributed by atoms with Crippen LogP contribution in [0.4, 0.5) is 5.69 Å². The van der Waals surface area contributed by atoms with Crippen LogP contribution in [-0.4, -0.2) is 40.2 Å². The van der Waals surface area contributed by atoms with Gasteiger partial charge in [0.25, 0.3) is 0 Å². The summed E-state index contributed by atoms with van der Waals surface area (Å²) in [5, 5.41) is 17.5. The Kier molecular flexibility index (Phi) is 14.1. The molecular weight excluding hydrogens is 384 g/mol. The van der Waals surface area contributed by atoms with Gasteiger partial charge in [0.15, 0.2) is 0 Å². The molecule has 2 N–H and O–H groups in total. The summed E-state index contributed by atoms with van der Waals surface area (Å²) in [6.45, 7) is 4.68. The Morgan fingerprint density at radius 3 is 2.25 bits per heavy atom. The van der Waals surface area contributed by atoms with E-state index in [0.717, 1.165) is 0 Å². The van der Waals surface area contributed by atoms with Crippen LogP contribution in [0.2, 0.25) is 0 Å². The molecule has 0 amide bonds. The molecule has 0 aliphatic heterocycles. The summed E-state index contributed by atoms with van der Waals surface area (Å²) in [6.07, 6.45) is -0.324. The van der Waals surface area contributed by atoms with Crippen LogP contribution >= 0.6 is 0 Å². The Morgan fingerprint density at radius 1 is 1.38 bits per heavy atom. The van der Waals surface area contributed by atoms with Crippen molar-refractivity contribution >= 4 is 35.6 Å². The van der Waals surface area contributed by atoms with Crippen molar-refractivity contribution in [3.8, 4) is 0 Å². The van der Waals surface area contributed by atoms with Crippen LogP contribution in [-0.2, 0) is 46.4 Å². The van der Waals surface area contributed by atoms with Gasteiger partial charge >= 0.3 is 5.97 Å². The van der Waals surface area contributed by atoms with Gasteiger partial charge in [0, 0.05) is 19.5 Å². The van der Waals surface area contributed by atoms with Gasteiger partial charge in [0.1, 0.15) is 18.1 Å². The van der Waals surface area contributed by atoms with Crippen molar-refractivity contribution in [2.24, 2.45) is 4.99 Å². The summed E-state index contributed by atoms with van der Waals surface area (Å²) in [4.78, 5) is 25.0. The normalized spacial score (nSPS) is 12.6. The van der Waals surface area contributed by atoms with Crippen molar-refractivity contribution in [2.45, 2.75) is 26.9 Å². The SMILES string of the molecule is CC(O)C=O.CCOC(=O)/C(C([S-])=Nc1ccccc1)=C(\C)O.[Zn]. The zero-order chi connectivity index (χ0) is 17.8. The maximum atomic E-state index is 11.6. The number of para-hydroxylation sites is 1. The van der Waals surface area contributed by atoms with Gasteiger partial charge in [-0.2, -0.15) is 0 Å². The van der Waals surface area contributed by atoms with Gasteiger partial charge < -0.3 is 32.4 Å². The topological polar surface area (TPSA) is 96.2 Å². The number of hydrogen-bond donors (Lipinski definition) is 2. The molecule has 6 nitrogen and oxygen atoms in total. The second kappa shape index (κ2) is 13.8. The van der Waals surface area contributed by atoms with E-state index < -0.39 is 12.1 Å². The third kappa shape index (κ3) is 10.2. The van der Waals surface area contributed by atoms with Crippen molar-refractivity contribution in [1.29, 1.82) is 0 Å². The predicted octanol–water partition coefficient (Wildman–Crippen LogP) is 2.22. The fourth-order valence-electron chi connectivity index (χ4n) is 1.27. The molecule has 0 radical (unpaired) electrons. The molecule has 0 bridgehead atoms. The monoisotopic (exact) mass is 402 g/mol. The van der Waals surface area contributed by atoms with Crippen LogP contribution in [0.25, 0.3) is 0 Å². The van der Waals surface area contributed by atoms with Crippen LogP contribution in [0.5, 0.6) is 0 Å². The number of hydrogen-bond acceptors (Lipinski definition) is 7. The summed E-state index contributed by atoms with van der Waals surface area (Å²) in [6, 6.07) is 8.97. The van der Waals surface area contributed by atoms with Crippen molar-refractivity contribution < 1.29 is 44.0 Å². The number of aliphatic hydroxyl groups is 2. The van der Waals surface area contributed by atoms with Crippen LogP contribution in [0.1, 0.15) is 20.8 Å². The van der Waals surface area contributed by atoms with Crippen molar-refractivity contribution in [3.05, 3.63) is 41.7 Å². The van der Waals surface area contributed by atoms with E-state index in [1.165, 1.54) is 13.8 Å². The molecule has 0 spiro atoms. The molecule has 1 unspecified atom stereocenters. The molecule has 0 heterocycles. The first-order valence-electron chi connectivity index (χ1n) is 6.84. The van der Waals surface area contributed by atoms with E-state index in [2.05, 4.69) is 4.99 Å². The number of carbonyl (C=O) groups excluding carboxylic acids is 2. The van der Waals surface area contributed by atoms with E-state index in [9.17, 15) is 14.7 Å². The molecule has 128 valence electrons. The predicted molar refractivity (Wildman–Crippen MR) is 90.6 cm³/mol. The number of aldehydes is 1. The Labute approximate surface area is 159 Å². The summed E-state index contributed by atoms with van der Waals surface area (Å²) in [5.74, 6) is -0.861. The summed E-state index contributed by atoms with van der Waals surface area (Å²) < 4.78 is 4.82. The van der Waals surface area contributed by atoms with E-state index in [0.29, 0.717) is 12.0 Å². The van der Waals surface area contributed by atoms with E-state index in [-0.39, 0.29) is 42.5 Å². The van der Waals surface area contributed by atoms with Crippen LogP contribution < -0.4 is 0 Å². The minimum atomic E-state index is -0.796. The quantitative estimate of drug-likeness (QED) is 0.114. The first kappa shape index (κ1) is 24.6. The average molecular weight is 404 g/mol. The van der Waals surface area contributed by atoms with E-state index in [1.807, 2.05) is 6.07 Å². The maximum absolute atomic E-state index is 11.6. The molecule has 1 atom stereocenters. The first-order chi connectivity index (χ1) is 10.8. The average Bonchev–Trinajstić information content (AvgIpc) is 2.48. The van der Waals surface area contributed by atoms with E-state index >= 15 is 0 Å². The van der Waals surface area contributed by atoms with E-state index in [1.54, 1.807) is 31.2 Å². The van der Waals surface area contributed by atoms with Crippen LogP contribution in [0, 0.1) is 0 Å². The number of aliphatic imine (C=N–C) groups is 1. The number of nitrogens with zero attached hydrogens (tertiary/aromatic N) is 1. The van der Waals surface area contributed by atoms with Crippen molar-refractivity contribution in [1.82, 2.24) is 0 Å². The fourth-order valence-corrected chi connectivity index (χ4v) is 1.61. The number of allylic oxidation sites excluding steroid dienone is 1. The Hall–Kier alpha value is -1.63. The van der Waals surface area contributed by atoms with Crippen molar-refractivity contribution in [3.63, 3.8) is 0 Å². The second-order valence-electron chi connectivity index (χ2n) is 4.31. The molecule has 24 heavy (non-hydrogen) atoms. The van der Waals surface area contributed by atoms with Gasteiger partial charge in [-0.25, -0.2) is 4.79 Å². The number of carbonyl (C=O) groups is 2. The summed E-state index contributed by atoms with van der Waals surface area (Å²) >= 11 is 5.04. The molecule has 0 fully saturated rings. The van der Waals surface area contributed by atoms with E-state index in [4.69, 9.17) is 22.5 Å². The number of ether oxygens (including phenoxy) is 1. The largest absolute Gasteiger partial charge is 0.759 e. The number of aliphatic hydroxyl groups excluding tert-OH is 2. The molecule has 8 heteroatoms. The Morgan fingerprint density at radius 2 is 1.88 bits per heavy atom. The molecule has 0 saturated carbocycles. The zero-order valence-corrected chi connectivity index (χ0v) is 17.7. The van der Waals surface area contributed by atoms with Crippen molar-refractivity contribution in [2.75, 3.05) is 6.61 Å². The van der Waals surface area contributed by atoms with Crippen LogP contribution in [0.3, 0.4) is 0 Å². The molecule has 0 aliphatic carbocycles. The standard InChI is InChI=1S/C13H15NO3S.C3H6O2.Zn/c1-3-17-13(16)11(9(2)15)12(18)14-10-7-5-4-6-8-10;1-3(5)2-4;/h4-8,15H,3H2,1-2H3,(H,14,18);2-3,5H,1H3;/p-1/b11-9+;;. The minimum Gasteiger partial charge on any atom is -0.759 e. The molecular formula is C16H20NO5SZn-. The fraction of sp³-hybridized carbons (Fsp3) is 0.312. The number of esters is 1. The number of rotatable bonds is 5. The number of benzene rings is 1. The first-order valence-corrected chi connectivity index (χ1v) is 7.25. The minimum absolute atomic E-state index is 0. The van der Waals surface area contributed by atoms with Gasteiger partial charge in [0.2, 0.25) is 0 Å². The molecule has 1 aromatic carbocycles. The van der Waals surface area contributed by atoms with Gasteiger partial charge in [-0.05, 0) is 32.9 Å². The Balaban J connectivity index is 0. The third-order valence-corrected chi connectivity index (χ3v) is 2.53. The molecule has 0 aromatic heterocycles. The smallest absolute Gasteiger partial charge is 0.341 e. The summed E-state index contributed by atoms with van der Waals surface area (Å²) in [5.41, 5.74) is 0.543. The molecule has 0 aliphatic rings. The summed E-state index contributed by atoms with van der Waals surface area (Å²) in [7, 11) is 0. The van der Waals surface area contributed by atoms with Gasteiger partial charge in [-0.1, -0.05) is 23.2 Å². The second-order valence-corrected chi connectivity index (χ2v) is 4.70. The maximum Gasteiger partial charge on any atom is 0.341 e. The Bertz CT molecular complexity index is 569. The van der Waals surface area contributed by atoms with Gasteiger partial charge in [-0.15, -0.1) is 0 Å². The zero-order valence-electron chi connectivity index (χ0n) is 13.9.